The van der Waals surface area contributed by atoms with Crippen LogP contribution in [0.25, 0.3) is 0 Å². The van der Waals surface area contributed by atoms with Crippen LogP contribution in [-0.2, 0) is 19.1 Å². The highest BCUT2D eigenvalue weighted by Crippen LogP contribution is 2.09. The average molecular weight is 444 g/mol. The van der Waals surface area contributed by atoms with Crippen molar-refractivity contribution in [1.29, 1.82) is 0 Å². The van der Waals surface area contributed by atoms with Gasteiger partial charge in [0.1, 0.15) is 23.4 Å². The van der Waals surface area contributed by atoms with Crippen molar-refractivity contribution in [1.82, 2.24) is 21.3 Å². The topological polar surface area (TPSA) is 161 Å². The highest BCUT2D eigenvalue weighted by atomic mass is 16.6. The first kappa shape index (κ1) is 28.2. The van der Waals surface area contributed by atoms with E-state index in [1.807, 2.05) is 0 Å². The zero-order chi connectivity index (χ0) is 24.4. The van der Waals surface area contributed by atoms with Crippen LogP contribution in [0.1, 0.15) is 54.9 Å². The summed E-state index contributed by atoms with van der Waals surface area (Å²) < 4.78 is 10.4. The van der Waals surface area contributed by atoms with E-state index in [0.717, 1.165) is 0 Å². The average Bonchev–Trinajstić information content (AvgIpc) is 2.54. The number of hydrogen-bond acceptors (Lipinski definition) is 7. The monoisotopic (exact) mass is 443 g/mol. The van der Waals surface area contributed by atoms with E-state index in [9.17, 15) is 19.2 Å². The van der Waals surface area contributed by atoms with Crippen molar-refractivity contribution in [3.63, 3.8) is 0 Å². The Labute approximate surface area is 183 Å². The molecule has 0 aliphatic carbocycles. The molecular formula is C20H37N5O6. The summed E-state index contributed by atoms with van der Waals surface area (Å²) in [4.78, 5) is 47.9. The molecule has 0 aromatic carbocycles. The fraction of sp³-hybridized carbons (Fsp3) is 0.700. The van der Waals surface area contributed by atoms with Gasteiger partial charge in [-0.05, 0) is 61.4 Å². The number of nitrogens with one attached hydrogen (secondary N) is 4. The van der Waals surface area contributed by atoms with Gasteiger partial charge in [0.2, 0.25) is 11.8 Å². The first-order valence-corrected chi connectivity index (χ1v) is 9.97. The third kappa shape index (κ3) is 13.9. The molecule has 0 heterocycles. The largest absolute Gasteiger partial charge is 0.444 e. The molecule has 2 atom stereocenters. The molecule has 0 saturated heterocycles. The molecule has 0 bridgehead atoms. The Hall–Kier alpha value is -2.82. The van der Waals surface area contributed by atoms with Crippen LogP contribution in [-0.4, -0.2) is 60.5 Å². The van der Waals surface area contributed by atoms with E-state index < -0.39 is 41.5 Å². The number of primary amides is 1. The van der Waals surface area contributed by atoms with Crippen molar-refractivity contribution in [2.24, 2.45) is 5.73 Å². The van der Waals surface area contributed by atoms with Crippen molar-refractivity contribution in [2.75, 3.05) is 13.1 Å². The van der Waals surface area contributed by atoms with Crippen molar-refractivity contribution in [2.45, 2.75) is 78.3 Å². The molecule has 0 spiro atoms. The molecule has 0 fully saturated rings. The highest BCUT2D eigenvalue weighted by molar-refractivity contribution is 5.92. The number of alkyl carbamates (subject to hydrolysis) is 2. The Kier molecular flexibility index (Phi) is 11.0. The maximum Gasteiger partial charge on any atom is 0.408 e. The molecule has 11 heteroatoms. The maximum atomic E-state index is 12.2. The zero-order valence-electron chi connectivity index (χ0n) is 19.5. The van der Waals surface area contributed by atoms with Crippen LogP contribution in [0.5, 0.6) is 0 Å². The summed E-state index contributed by atoms with van der Waals surface area (Å²) in [7, 11) is 0. The van der Waals surface area contributed by atoms with Crippen molar-refractivity contribution >= 4 is 24.0 Å². The van der Waals surface area contributed by atoms with Gasteiger partial charge in [-0.3, -0.25) is 14.9 Å². The van der Waals surface area contributed by atoms with Gasteiger partial charge >= 0.3 is 12.2 Å². The van der Waals surface area contributed by atoms with Crippen LogP contribution in [0, 0.1) is 0 Å². The van der Waals surface area contributed by atoms with Crippen LogP contribution in [0.15, 0.2) is 12.2 Å². The predicted octanol–water partition coefficient (Wildman–Crippen LogP) is 0.888. The van der Waals surface area contributed by atoms with Gasteiger partial charge in [-0.15, -0.1) is 0 Å². The lowest BCUT2D eigenvalue weighted by Gasteiger charge is -2.30. The van der Waals surface area contributed by atoms with Crippen LogP contribution >= 0.6 is 0 Å². The maximum absolute atomic E-state index is 12.2. The molecule has 178 valence electrons. The van der Waals surface area contributed by atoms with Crippen LogP contribution in [0.3, 0.4) is 0 Å². The van der Waals surface area contributed by atoms with Gasteiger partial charge in [-0.1, -0.05) is 6.58 Å². The molecule has 0 aliphatic heterocycles. The summed E-state index contributed by atoms with van der Waals surface area (Å²) in [5, 5.41) is 10.5. The van der Waals surface area contributed by atoms with E-state index in [1.54, 1.807) is 48.5 Å². The summed E-state index contributed by atoms with van der Waals surface area (Å²) in [5.74, 6) is -1.17. The molecule has 0 rings (SSSR count). The fourth-order valence-electron chi connectivity index (χ4n) is 2.14. The molecule has 6 N–H and O–H groups in total. The summed E-state index contributed by atoms with van der Waals surface area (Å²) in [6.45, 7) is 15.8. The first-order valence-electron chi connectivity index (χ1n) is 9.97. The molecular weight excluding hydrogens is 406 g/mol. The molecule has 0 aliphatic rings. The Balaban J connectivity index is 5.19. The second-order valence-corrected chi connectivity index (χ2v) is 8.99. The van der Waals surface area contributed by atoms with E-state index >= 15 is 0 Å². The second kappa shape index (κ2) is 12.1. The number of amides is 4. The Morgan fingerprint density at radius 1 is 0.903 bits per heavy atom. The summed E-state index contributed by atoms with van der Waals surface area (Å²) in [6, 6.07) is -1.33. The minimum Gasteiger partial charge on any atom is -0.444 e. The van der Waals surface area contributed by atoms with Gasteiger partial charge in [0.25, 0.3) is 0 Å². The van der Waals surface area contributed by atoms with Crippen LogP contribution < -0.4 is 27.0 Å². The normalized spacial score (nSPS) is 13.4. The Morgan fingerprint density at radius 3 is 1.81 bits per heavy atom. The molecule has 0 aromatic rings. The molecule has 0 saturated carbocycles. The lowest BCUT2D eigenvalue weighted by molar-refractivity contribution is -0.121. The zero-order valence-corrected chi connectivity index (χ0v) is 19.5. The van der Waals surface area contributed by atoms with E-state index in [1.165, 1.54) is 0 Å². The smallest absolute Gasteiger partial charge is 0.408 e. The second-order valence-electron chi connectivity index (χ2n) is 8.99. The van der Waals surface area contributed by atoms with Gasteiger partial charge < -0.3 is 31.2 Å². The molecule has 4 amide bonds. The summed E-state index contributed by atoms with van der Waals surface area (Å²) >= 11 is 0. The lowest BCUT2D eigenvalue weighted by Crippen LogP contribution is -2.64. The predicted molar refractivity (Wildman–Crippen MR) is 116 cm³/mol. The van der Waals surface area contributed by atoms with Crippen LogP contribution in [0.4, 0.5) is 9.59 Å². The minimum absolute atomic E-state index is 0.273. The number of nitrogens with two attached hydrogens (primary N) is 1. The first-order chi connectivity index (χ1) is 14.0. The molecule has 0 aromatic heterocycles. The number of carbonyl (C=O) groups is 4. The van der Waals surface area contributed by atoms with E-state index in [0.29, 0.717) is 18.5 Å². The minimum atomic E-state index is -1.33. The molecule has 31 heavy (non-hydrogen) atoms. The van der Waals surface area contributed by atoms with Gasteiger partial charge in [0.15, 0.2) is 0 Å². The van der Waals surface area contributed by atoms with Gasteiger partial charge in [-0.25, -0.2) is 9.59 Å². The van der Waals surface area contributed by atoms with Crippen LogP contribution in [0.2, 0.25) is 0 Å². The third-order valence-electron chi connectivity index (χ3n) is 3.38. The standard InChI is InChI=1S/C20H37N5O6/c1-12(2)16(27)23-11-9-10-22-15(25-18(29)31-20(6,7)8)13(14(21)26)24-17(28)30-19(3,4)5/h13,15,22H,1,9-11H2,2-8H3,(H2,21,26)(H,23,27)(H,24,28)(H,25,29). The highest BCUT2D eigenvalue weighted by Gasteiger charge is 2.32. The SMILES string of the molecule is C=C(C)C(=O)NCCCNC(NC(=O)OC(C)(C)C)C(NC(=O)OC(C)(C)C)C(N)=O. The van der Waals surface area contributed by atoms with Crippen molar-refractivity contribution in [3.05, 3.63) is 12.2 Å². The Morgan fingerprint density at radius 2 is 1.39 bits per heavy atom. The lowest BCUT2D eigenvalue weighted by atomic mass is 10.2. The van der Waals surface area contributed by atoms with Gasteiger partial charge in [-0.2, -0.15) is 0 Å². The summed E-state index contributed by atoms with van der Waals surface area (Å²) in [6.07, 6.45) is -2.30. The quantitative estimate of drug-likeness (QED) is 0.190. The fourth-order valence-corrected chi connectivity index (χ4v) is 2.14. The van der Waals surface area contributed by atoms with Crippen molar-refractivity contribution < 1.29 is 28.7 Å². The van der Waals surface area contributed by atoms with Crippen molar-refractivity contribution in [3.8, 4) is 0 Å². The number of rotatable bonds is 10. The summed E-state index contributed by atoms with van der Waals surface area (Å²) in [5.41, 5.74) is 4.26. The van der Waals surface area contributed by atoms with E-state index in [2.05, 4.69) is 27.8 Å². The number of hydrogen-bond donors (Lipinski definition) is 5. The van der Waals surface area contributed by atoms with E-state index in [4.69, 9.17) is 15.2 Å². The van der Waals surface area contributed by atoms with E-state index in [-0.39, 0.29) is 12.5 Å². The third-order valence-corrected chi connectivity index (χ3v) is 3.38. The number of ether oxygens (including phenoxy) is 2. The molecule has 0 radical (unpaired) electrons. The van der Waals surface area contributed by atoms with Gasteiger partial charge in [0, 0.05) is 12.1 Å². The van der Waals surface area contributed by atoms with Gasteiger partial charge in [0.05, 0.1) is 0 Å². The Bertz CT molecular complexity index is 666. The number of carbonyl (C=O) groups excluding carboxylic acids is 4. The molecule has 2 unspecified atom stereocenters. The molecule has 11 nitrogen and oxygen atoms in total.